The summed E-state index contributed by atoms with van der Waals surface area (Å²) < 4.78 is 18.6. The van der Waals surface area contributed by atoms with E-state index in [1.807, 2.05) is 0 Å². The van der Waals surface area contributed by atoms with Crippen LogP contribution in [0.25, 0.3) is 0 Å². The van der Waals surface area contributed by atoms with Crippen molar-refractivity contribution in [2.45, 2.75) is 0 Å². The monoisotopic (exact) mass is 396 g/mol. The fourth-order valence-electron chi connectivity index (χ4n) is 2.23. The minimum Gasteiger partial charge on any atom is -0.468 e. The molecule has 0 heterocycles. The number of nitrogens with zero attached hydrogens (tertiary/aromatic N) is 2. The number of rotatable bonds is 10. The number of carbonyl (C=O) groups is 4. The van der Waals surface area contributed by atoms with Gasteiger partial charge in [-0.1, -0.05) is 0 Å². The van der Waals surface area contributed by atoms with Crippen molar-refractivity contribution in [1.82, 2.24) is 0 Å². The molecule has 154 valence electrons. The lowest BCUT2D eigenvalue weighted by molar-refractivity contribution is -0.141. The summed E-state index contributed by atoms with van der Waals surface area (Å²) in [6.07, 6.45) is 0. The Balaban J connectivity index is 3.06. The Hall–Kier alpha value is -3.30. The molecule has 0 spiro atoms. The number of anilines is 2. The molecule has 0 aliphatic heterocycles. The van der Waals surface area contributed by atoms with E-state index in [0.717, 1.165) is 0 Å². The van der Waals surface area contributed by atoms with Gasteiger partial charge in [-0.15, -0.1) is 0 Å². The lowest BCUT2D eigenvalue weighted by Crippen LogP contribution is -2.36. The molecule has 0 aliphatic rings. The Bertz CT molecular complexity index is 594. The maximum atomic E-state index is 11.6. The van der Waals surface area contributed by atoms with E-state index in [4.69, 9.17) is 0 Å². The predicted octanol–water partition coefficient (Wildman–Crippen LogP) is -0.00860. The molecule has 0 saturated heterocycles. The lowest BCUT2D eigenvalue weighted by Gasteiger charge is -2.25. The van der Waals surface area contributed by atoms with E-state index in [-0.39, 0.29) is 26.2 Å². The maximum absolute atomic E-state index is 11.6. The smallest absolute Gasteiger partial charge is 0.325 e. The van der Waals surface area contributed by atoms with Crippen LogP contribution in [0.15, 0.2) is 24.3 Å². The van der Waals surface area contributed by atoms with Gasteiger partial charge in [0.05, 0.1) is 28.4 Å². The second kappa shape index (κ2) is 11.4. The zero-order chi connectivity index (χ0) is 21.1. The molecule has 1 aromatic carbocycles. The van der Waals surface area contributed by atoms with Gasteiger partial charge >= 0.3 is 23.9 Å². The molecule has 0 saturated carbocycles. The van der Waals surface area contributed by atoms with Gasteiger partial charge in [0.25, 0.3) is 0 Å². The van der Waals surface area contributed by atoms with Crippen LogP contribution < -0.4 is 9.80 Å². The molecular weight excluding hydrogens is 372 g/mol. The van der Waals surface area contributed by atoms with Gasteiger partial charge in [0.2, 0.25) is 0 Å². The largest absolute Gasteiger partial charge is 0.468 e. The van der Waals surface area contributed by atoms with Gasteiger partial charge in [0.1, 0.15) is 26.2 Å². The molecule has 28 heavy (non-hydrogen) atoms. The summed E-state index contributed by atoms with van der Waals surface area (Å²) >= 11 is 0. The van der Waals surface area contributed by atoms with Crippen LogP contribution in [0, 0.1) is 0 Å². The van der Waals surface area contributed by atoms with E-state index in [9.17, 15) is 19.2 Å². The zero-order valence-electron chi connectivity index (χ0n) is 16.3. The minimum absolute atomic E-state index is 0.154. The van der Waals surface area contributed by atoms with Crippen molar-refractivity contribution in [3.63, 3.8) is 0 Å². The topological polar surface area (TPSA) is 112 Å². The highest BCUT2D eigenvalue weighted by molar-refractivity contribution is 5.83. The fraction of sp³-hybridized carbons (Fsp3) is 0.444. The second-order valence-corrected chi connectivity index (χ2v) is 5.53. The van der Waals surface area contributed by atoms with Crippen molar-refractivity contribution >= 4 is 35.3 Å². The molecule has 0 N–H and O–H groups in total. The van der Waals surface area contributed by atoms with Crippen LogP contribution in [-0.2, 0) is 38.1 Å². The van der Waals surface area contributed by atoms with Crippen LogP contribution in [0.1, 0.15) is 0 Å². The van der Waals surface area contributed by atoms with Crippen molar-refractivity contribution in [2.24, 2.45) is 0 Å². The first-order valence-electron chi connectivity index (χ1n) is 8.21. The number of esters is 4. The molecule has 0 aromatic heterocycles. The van der Waals surface area contributed by atoms with Gasteiger partial charge < -0.3 is 28.7 Å². The third-order valence-electron chi connectivity index (χ3n) is 3.77. The van der Waals surface area contributed by atoms with E-state index >= 15 is 0 Å². The summed E-state index contributed by atoms with van der Waals surface area (Å²) in [6, 6.07) is 6.57. The summed E-state index contributed by atoms with van der Waals surface area (Å²) in [7, 11) is 5.00. The molecule has 0 unspecified atom stereocenters. The minimum atomic E-state index is -0.522. The van der Waals surface area contributed by atoms with Crippen LogP contribution in [0.3, 0.4) is 0 Å². The quantitative estimate of drug-likeness (QED) is 0.395. The van der Waals surface area contributed by atoms with E-state index in [1.165, 1.54) is 38.2 Å². The first kappa shape index (κ1) is 22.7. The van der Waals surface area contributed by atoms with Gasteiger partial charge in [-0.05, 0) is 24.3 Å². The fourth-order valence-corrected chi connectivity index (χ4v) is 2.23. The van der Waals surface area contributed by atoms with Gasteiger partial charge in [-0.3, -0.25) is 19.2 Å². The van der Waals surface area contributed by atoms with Crippen LogP contribution in [0.2, 0.25) is 0 Å². The van der Waals surface area contributed by atoms with Crippen LogP contribution in [0.5, 0.6) is 0 Å². The third kappa shape index (κ3) is 7.14. The van der Waals surface area contributed by atoms with Crippen molar-refractivity contribution in [3.05, 3.63) is 24.3 Å². The number of ether oxygens (including phenoxy) is 4. The zero-order valence-corrected chi connectivity index (χ0v) is 16.3. The molecule has 0 amide bonds. The predicted molar refractivity (Wildman–Crippen MR) is 98.9 cm³/mol. The molecule has 0 bridgehead atoms. The summed E-state index contributed by atoms with van der Waals surface area (Å²) in [5.41, 5.74) is 1.10. The number of hydrogen-bond donors (Lipinski definition) is 0. The Morgan fingerprint density at radius 3 is 0.964 bits per heavy atom. The van der Waals surface area contributed by atoms with E-state index in [2.05, 4.69) is 18.9 Å². The normalized spacial score (nSPS) is 9.86. The van der Waals surface area contributed by atoms with E-state index in [1.54, 1.807) is 24.3 Å². The summed E-state index contributed by atoms with van der Waals surface area (Å²) in [4.78, 5) is 49.4. The highest BCUT2D eigenvalue weighted by Gasteiger charge is 2.19. The van der Waals surface area contributed by atoms with Gasteiger partial charge in [-0.25, -0.2) is 0 Å². The van der Waals surface area contributed by atoms with E-state index in [0.29, 0.717) is 11.4 Å². The van der Waals surface area contributed by atoms with Crippen molar-refractivity contribution in [3.8, 4) is 0 Å². The molecule has 1 rings (SSSR count). The average Bonchev–Trinajstić information content (AvgIpc) is 2.72. The standard InChI is InChI=1S/C18H24N2O8/c1-25-15(21)9-19(10-16(22)26-2)13-5-7-14(8-6-13)20(11-17(23)27-3)12-18(24)28-4/h5-8H,9-12H2,1-4H3. The number of hydrogen-bond acceptors (Lipinski definition) is 10. The Morgan fingerprint density at radius 2 is 0.786 bits per heavy atom. The first-order chi connectivity index (χ1) is 13.3. The number of carbonyl (C=O) groups excluding carboxylic acids is 4. The highest BCUT2D eigenvalue weighted by atomic mass is 16.5. The molecule has 0 aliphatic carbocycles. The number of benzene rings is 1. The Morgan fingerprint density at radius 1 is 0.571 bits per heavy atom. The van der Waals surface area contributed by atoms with Crippen LogP contribution >= 0.6 is 0 Å². The van der Waals surface area contributed by atoms with Gasteiger partial charge in [-0.2, -0.15) is 0 Å². The molecule has 10 heteroatoms. The van der Waals surface area contributed by atoms with Crippen molar-refractivity contribution < 1.29 is 38.1 Å². The molecule has 0 radical (unpaired) electrons. The summed E-state index contributed by atoms with van der Waals surface area (Å²) in [5, 5.41) is 0. The molecule has 0 atom stereocenters. The SMILES string of the molecule is COC(=O)CN(CC(=O)OC)c1ccc(N(CC(=O)OC)CC(=O)OC)cc1. The second-order valence-electron chi connectivity index (χ2n) is 5.53. The average molecular weight is 396 g/mol. The van der Waals surface area contributed by atoms with Crippen molar-refractivity contribution in [1.29, 1.82) is 0 Å². The molecule has 1 aromatic rings. The number of methoxy groups -OCH3 is 4. The third-order valence-corrected chi connectivity index (χ3v) is 3.77. The van der Waals surface area contributed by atoms with Crippen LogP contribution in [0.4, 0.5) is 11.4 Å². The first-order valence-corrected chi connectivity index (χ1v) is 8.21. The van der Waals surface area contributed by atoms with E-state index < -0.39 is 23.9 Å². The molecular formula is C18H24N2O8. The Labute approximate surface area is 162 Å². The van der Waals surface area contributed by atoms with Gasteiger partial charge in [0, 0.05) is 11.4 Å². The van der Waals surface area contributed by atoms with Gasteiger partial charge in [0.15, 0.2) is 0 Å². The molecule has 0 fully saturated rings. The summed E-state index contributed by atoms with van der Waals surface area (Å²) in [6.45, 7) is -0.615. The highest BCUT2D eigenvalue weighted by Crippen LogP contribution is 2.21. The maximum Gasteiger partial charge on any atom is 0.325 e. The summed E-state index contributed by atoms with van der Waals surface area (Å²) in [5.74, 6) is -2.09. The Kier molecular flexibility index (Phi) is 9.28. The van der Waals surface area contributed by atoms with Crippen LogP contribution in [-0.4, -0.2) is 78.5 Å². The van der Waals surface area contributed by atoms with Crippen molar-refractivity contribution in [2.75, 3.05) is 64.4 Å². The molecule has 10 nitrogen and oxygen atoms in total. The lowest BCUT2D eigenvalue weighted by atomic mass is 10.2.